The zero-order valence-electron chi connectivity index (χ0n) is 18.8. The molecule has 2 saturated carbocycles. The van der Waals surface area contributed by atoms with Crippen molar-refractivity contribution < 1.29 is 4.74 Å². The average molecular weight is 489 g/mol. The topological polar surface area (TPSA) is 94.9 Å². The van der Waals surface area contributed by atoms with E-state index >= 15 is 0 Å². The second-order valence-corrected chi connectivity index (χ2v) is 9.76. The third kappa shape index (κ3) is 6.27. The van der Waals surface area contributed by atoms with Crippen molar-refractivity contribution in [2.75, 3.05) is 37.4 Å². The molecule has 0 atom stereocenters. The Labute approximate surface area is 205 Å². The first-order chi connectivity index (χ1) is 16.0. The lowest BCUT2D eigenvalue weighted by Gasteiger charge is -2.30. The zero-order valence-corrected chi connectivity index (χ0v) is 20.3. The van der Waals surface area contributed by atoms with E-state index in [1.165, 1.54) is 0 Å². The number of nitriles is 1. The molecule has 0 radical (unpaired) electrons. The first kappa shape index (κ1) is 24.0. The van der Waals surface area contributed by atoms with Crippen LogP contribution in [0.3, 0.4) is 0 Å². The highest BCUT2D eigenvalue weighted by molar-refractivity contribution is 6.36. The van der Waals surface area contributed by atoms with E-state index in [1.54, 1.807) is 19.5 Å². The Hall–Kier alpha value is -2.11. The number of ether oxygens (including phenoxy) is 1. The van der Waals surface area contributed by atoms with E-state index in [-0.39, 0.29) is 5.41 Å². The quantitative estimate of drug-likeness (QED) is 0.315. The molecule has 2 heterocycles. The largest absolute Gasteiger partial charge is 0.383 e. The van der Waals surface area contributed by atoms with Gasteiger partial charge in [0.25, 0.3) is 0 Å². The molecule has 2 fully saturated rings. The minimum Gasteiger partial charge on any atom is -0.383 e. The molecule has 7 nitrogen and oxygen atoms in total. The van der Waals surface area contributed by atoms with Crippen LogP contribution in [-0.2, 0) is 4.74 Å². The number of anilines is 2. The van der Waals surface area contributed by atoms with E-state index in [1.807, 2.05) is 12.1 Å². The predicted molar refractivity (Wildman–Crippen MR) is 133 cm³/mol. The SMILES string of the molecule is COCCN[C@H]1CC[C@H](Nc2cc(-c3cc(NCC4(C#N)CC4)cnc3Cl)c(Cl)cn2)CC1. The molecular formula is C24H30Cl2N6O. The van der Waals surface area contributed by atoms with Crippen LogP contribution in [0.15, 0.2) is 24.5 Å². The summed E-state index contributed by atoms with van der Waals surface area (Å²) < 4.78 is 5.12. The Morgan fingerprint density at radius 3 is 2.55 bits per heavy atom. The van der Waals surface area contributed by atoms with Crippen LogP contribution in [-0.4, -0.2) is 48.9 Å². The lowest BCUT2D eigenvalue weighted by atomic mass is 9.91. The summed E-state index contributed by atoms with van der Waals surface area (Å²) in [5, 5.41) is 20.6. The van der Waals surface area contributed by atoms with Gasteiger partial charge in [-0.3, -0.25) is 0 Å². The van der Waals surface area contributed by atoms with E-state index in [0.29, 0.717) is 28.8 Å². The summed E-state index contributed by atoms with van der Waals surface area (Å²) in [5.74, 6) is 0.779. The Morgan fingerprint density at radius 1 is 1.09 bits per heavy atom. The number of rotatable bonds is 10. The van der Waals surface area contributed by atoms with Crippen molar-refractivity contribution in [3.05, 3.63) is 34.7 Å². The Bertz CT molecular complexity index is 999. The van der Waals surface area contributed by atoms with Gasteiger partial charge in [-0.1, -0.05) is 23.2 Å². The van der Waals surface area contributed by atoms with Crippen LogP contribution in [0.4, 0.5) is 11.5 Å². The molecule has 0 saturated heterocycles. The molecule has 4 rings (SSSR count). The van der Waals surface area contributed by atoms with Crippen molar-refractivity contribution in [1.82, 2.24) is 15.3 Å². The summed E-state index contributed by atoms with van der Waals surface area (Å²) in [7, 11) is 1.73. The Kier molecular flexibility index (Phi) is 7.92. The van der Waals surface area contributed by atoms with Gasteiger partial charge < -0.3 is 20.7 Å². The number of methoxy groups -OCH3 is 1. The number of nitrogens with zero attached hydrogens (tertiary/aromatic N) is 3. The van der Waals surface area contributed by atoms with Gasteiger partial charge in [0.2, 0.25) is 0 Å². The van der Waals surface area contributed by atoms with Crippen LogP contribution in [0.5, 0.6) is 0 Å². The van der Waals surface area contributed by atoms with Crippen LogP contribution in [0.25, 0.3) is 11.1 Å². The second-order valence-electron chi connectivity index (χ2n) is 9.00. The van der Waals surface area contributed by atoms with Gasteiger partial charge in [0.1, 0.15) is 11.0 Å². The standard InChI is InChI=1S/C24H30Cl2N6O/c1-33-9-8-28-16-2-4-17(5-3-16)32-22-11-19(21(25)13-29-22)20-10-18(12-30-23(20)26)31-15-24(14-27)6-7-24/h10-13,16-17,28,31H,2-9,15H2,1H3,(H,29,32)/t16-,17-. The molecule has 0 spiro atoms. The lowest BCUT2D eigenvalue weighted by Crippen LogP contribution is -2.38. The number of aromatic nitrogens is 2. The van der Waals surface area contributed by atoms with Crippen molar-refractivity contribution in [3.63, 3.8) is 0 Å². The number of halogens is 2. The molecule has 0 unspecified atom stereocenters. The molecule has 2 aromatic heterocycles. The minimum atomic E-state index is -0.247. The summed E-state index contributed by atoms with van der Waals surface area (Å²) in [4.78, 5) is 8.82. The molecule has 0 aliphatic heterocycles. The van der Waals surface area contributed by atoms with E-state index < -0.39 is 0 Å². The fourth-order valence-corrected chi connectivity index (χ4v) is 4.63. The molecule has 33 heavy (non-hydrogen) atoms. The summed E-state index contributed by atoms with van der Waals surface area (Å²) >= 11 is 12.9. The highest BCUT2D eigenvalue weighted by atomic mass is 35.5. The van der Waals surface area contributed by atoms with Gasteiger partial charge in [-0.25, -0.2) is 9.97 Å². The molecular weight excluding hydrogens is 459 g/mol. The van der Waals surface area contributed by atoms with E-state index in [0.717, 1.165) is 74.3 Å². The average Bonchev–Trinajstić information content (AvgIpc) is 3.62. The zero-order chi connectivity index (χ0) is 23.3. The molecule has 2 aliphatic rings. The molecule has 0 aromatic carbocycles. The second kappa shape index (κ2) is 10.9. The van der Waals surface area contributed by atoms with Gasteiger partial charge >= 0.3 is 0 Å². The molecule has 3 N–H and O–H groups in total. The normalized spacial score (nSPS) is 21.3. The third-order valence-corrected chi connectivity index (χ3v) is 7.13. The van der Waals surface area contributed by atoms with Crippen molar-refractivity contribution in [3.8, 4) is 17.2 Å². The molecule has 0 amide bonds. The van der Waals surface area contributed by atoms with Gasteiger partial charge in [-0.2, -0.15) is 5.26 Å². The number of hydrogen-bond acceptors (Lipinski definition) is 7. The molecule has 9 heteroatoms. The fraction of sp³-hybridized carbons (Fsp3) is 0.542. The Morgan fingerprint density at radius 2 is 1.85 bits per heavy atom. The summed E-state index contributed by atoms with van der Waals surface area (Å²) in [6.07, 6.45) is 9.60. The van der Waals surface area contributed by atoms with Crippen molar-refractivity contribution in [2.24, 2.45) is 5.41 Å². The number of nitrogens with one attached hydrogen (secondary N) is 3. The van der Waals surface area contributed by atoms with Crippen LogP contribution in [0, 0.1) is 16.7 Å². The maximum Gasteiger partial charge on any atom is 0.137 e. The smallest absolute Gasteiger partial charge is 0.137 e. The predicted octanol–water partition coefficient (Wildman–Crippen LogP) is 5.13. The monoisotopic (exact) mass is 488 g/mol. The van der Waals surface area contributed by atoms with E-state index in [9.17, 15) is 5.26 Å². The fourth-order valence-electron chi connectivity index (χ4n) is 4.22. The Balaban J connectivity index is 1.41. The van der Waals surface area contributed by atoms with Crippen LogP contribution >= 0.6 is 23.2 Å². The highest BCUT2D eigenvalue weighted by Crippen LogP contribution is 2.45. The number of pyridine rings is 2. The van der Waals surface area contributed by atoms with Gasteiger partial charge in [-0.15, -0.1) is 0 Å². The first-order valence-electron chi connectivity index (χ1n) is 11.5. The van der Waals surface area contributed by atoms with Gasteiger partial charge in [0.15, 0.2) is 0 Å². The van der Waals surface area contributed by atoms with Crippen LogP contribution in [0.2, 0.25) is 10.2 Å². The van der Waals surface area contributed by atoms with E-state index in [2.05, 4.69) is 32.0 Å². The van der Waals surface area contributed by atoms with Crippen LogP contribution < -0.4 is 16.0 Å². The third-order valence-electron chi connectivity index (χ3n) is 6.52. The first-order valence-corrected chi connectivity index (χ1v) is 12.2. The van der Waals surface area contributed by atoms with E-state index in [4.69, 9.17) is 27.9 Å². The van der Waals surface area contributed by atoms with Crippen molar-refractivity contribution in [1.29, 1.82) is 5.26 Å². The highest BCUT2D eigenvalue weighted by Gasteiger charge is 2.42. The summed E-state index contributed by atoms with van der Waals surface area (Å²) in [6, 6.07) is 7.18. The van der Waals surface area contributed by atoms with Crippen molar-refractivity contribution >= 4 is 34.7 Å². The maximum absolute atomic E-state index is 9.31. The lowest BCUT2D eigenvalue weighted by molar-refractivity contribution is 0.191. The van der Waals surface area contributed by atoms with Gasteiger partial charge in [0, 0.05) is 49.6 Å². The van der Waals surface area contributed by atoms with Crippen LogP contribution in [0.1, 0.15) is 38.5 Å². The summed E-state index contributed by atoms with van der Waals surface area (Å²) in [6.45, 7) is 2.23. The number of hydrogen-bond donors (Lipinski definition) is 3. The molecule has 176 valence electrons. The molecule has 2 aromatic rings. The molecule has 2 aliphatic carbocycles. The maximum atomic E-state index is 9.31. The van der Waals surface area contributed by atoms with Crippen molar-refractivity contribution in [2.45, 2.75) is 50.6 Å². The van der Waals surface area contributed by atoms with Gasteiger partial charge in [-0.05, 0) is 50.7 Å². The molecule has 0 bridgehead atoms. The summed E-state index contributed by atoms with van der Waals surface area (Å²) in [5.41, 5.74) is 2.10. The minimum absolute atomic E-state index is 0.247. The van der Waals surface area contributed by atoms with Gasteiger partial charge in [0.05, 0.1) is 35.0 Å².